The molecule has 0 spiro atoms. The van der Waals surface area contributed by atoms with Gasteiger partial charge in [0.25, 0.3) is 0 Å². The van der Waals surface area contributed by atoms with Gasteiger partial charge in [-0.2, -0.15) is 0 Å². The minimum absolute atomic E-state index is 0.103. The van der Waals surface area contributed by atoms with Gasteiger partial charge in [-0.3, -0.25) is 9.78 Å². The fourth-order valence-corrected chi connectivity index (χ4v) is 3.47. The van der Waals surface area contributed by atoms with Crippen LogP contribution >= 0.6 is 0 Å². The number of rotatable bonds is 6. The van der Waals surface area contributed by atoms with Gasteiger partial charge in [0.1, 0.15) is 0 Å². The number of hydrogen-bond donors (Lipinski definition) is 1. The summed E-state index contributed by atoms with van der Waals surface area (Å²) in [7, 11) is 0. The summed E-state index contributed by atoms with van der Waals surface area (Å²) in [5, 5.41) is 3.25. The first-order chi connectivity index (χ1) is 11.2. The lowest BCUT2D eigenvalue weighted by molar-refractivity contribution is -0.122. The maximum absolute atomic E-state index is 12.4. The summed E-state index contributed by atoms with van der Waals surface area (Å²) in [6.07, 6.45) is 8.24. The molecule has 1 atom stereocenters. The van der Waals surface area contributed by atoms with Gasteiger partial charge >= 0.3 is 0 Å². The van der Waals surface area contributed by atoms with Crippen LogP contribution in [0.15, 0.2) is 18.2 Å². The van der Waals surface area contributed by atoms with Crippen molar-refractivity contribution in [3.05, 3.63) is 29.6 Å². The van der Waals surface area contributed by atoms with Gasteiger partial charge in [0, 0.05) is 18.7 Å². The number of nitrogens with one attached hydrogen (secondary N) is 1. The molecular weight excluding hydrogens is 286 g/mol. The quantitative estimate of drug-likeness (QED) is 0.876. The Labute approximate surface area is 139 Å². The Morgan fingerprint density at radius 1 is 1.26 bits per heavy atom. The molecule has 2 fully saturated rings. The number of carbonyl (C=O) groups is 1. The highest BCUT2D eigenvalue weighted by molar-refractivity contribution is 5.76. The Bertz CT molecular complexity index is 519. The summed E-state index contributed by atoms with van der Waals surface area (Å²) in [5.41, 5.74) is 2.04. The first kappa shape index (κ1) is 16.4. The average Bonchev–Trinajstić information content (AvgIpc) is 3.37. The predicted molar refractivity (Wildman–Crippen MR) is 92.1 cm³/mol. The molecule has 1 N–H and O–H groups in total. The minimum atomic E-state index is 0.103. The number of likely N-dealkylation sites (tertiary alicyclic amines) is 1. The molecule has 2 aliphatic rings. The maximum Gasteiger partial charge on any atom is 0.221 e. The number of aryl methyl sites for hydroxylation is 1. The molecule has 4 nitrogen and oxygen atoms in total. The number of nitrogens with zero attached hydrogens (tertiary/aromatic N) is 2. The molecule has 0 aromatic carbocycles. The highest BCUT2D eigenvalue weighted by Crippen LogP contribution is 2.40. The molecule has 3 rings (SSSR count). The molecule has 1 saturated carbocycles. The predicted octanol–water partition coefficient (Wildman–Crippen LogP) is 3.22. The summed E-state index contributed by atoms with van der Waals surface area (Å²) >= 11 is 0. The number of amides is 1. The Morgan fingerprint density at radius 3 is 2.65 bits per heavy atom. The van der Waals surface area contributed by atoms with E-state index in [1.807, 2.05) is 25.1 Å². The average molecular weight is 315 g/mol. The topological polar surface area (TPSA) is 45.2 Å². The van der Waals surface area contributed by atoms with Crippen molar-refractivity contribution in [2.24, 2.45) is 5.92 Å². The maximum atomic E-state index is 12.4. The zero-order valence-electron chi connectivity index (χ0n) is 14.3. The van der Waals surface area contributed by atoms with E-state index in [1.165, 1.54) is 38.5 Å². The third-order valence-corrected chi connectivity index (χ3v) is 4.99. The van der Waals surface area contributed by atoms with Crippen LogP contribution in [0.4, 0.5) is 0 Å². The van der Waals surface area contributed by atoms with Gasteiger partial charge < -0.3 is 10.2 Å². The SMILES string of the molecule is Cc1cccc([C@H](NC(=O)CCN2CCCCCC2)C2CC2)n1. The summed E-state index contributed by atoms with van der Waals surface area (Å²) in [6.45, 7) is 5.20. The van der Waals surface area contributed by atoms with Crippen LogP contribution in [0.1, 0.15) is 62.4 Å². The highest BCUT2D eigenvalue weighted by atomic mass is 16.1. The van der Waals surface area contributed by atoms with Gasteiger partial charge in [-0.15, -0.1) is 0 Å². The van der Waals surface area contributed by atoms with E-state index >= 15 is 0 Å². The Morgan fingerprint density at radius 2 is 2.00 bits per heavy atom. The van der Waals surface area contributed by atoms with Crippen molar-refractivity contribution >= 4 is 5.91 Å². The van der Waals surface area contributed by atoms with Crippen LogP contribution in [-0.4, -0.2) is 35.4 Å². The van der Waals surface area contributed by atoms with Crippen LogP contribution in [0.5, 0.6) is 0 Å². The molecule has 1 saturated heterocycles. The first-order valence-electron chi connectivity index (χ1n) is 9.17. The number of carbonyl (C=O) groups excluding carboxylic acids is 1. The molecule has 1 aliphatic heterocycles. The molecule has 1 aliphatic carbocycles. The molecule has 4 heteroatoms. The van der Waals surface area contributed by atoms with Crippen molar-refractivity contribution in [2.45, 2.75) is 57.9 Å². The summed E-state index contributed by atoms with van der Waals surface area (Å²) in [4.78, 5) is 19.5. The van der Waals surface area contributed by atoms with Crippen LogP contribution in [0.25, 0.3) is 0 Å². The molecule has 1 aromatic heterocycles. The first-order valence-corrected chi connectivity index (χ1v) is 9.17. The zero-order chi connectivity index (χ0) is 16.1. The van der Waals surface area contributed by atoms with Gasteiger partial charge in [0.15, 0.2) is 0 Å². The lowest BCUT2D eigenvalue weighted by Gasteiger charge is -2.21. The van der Waals surface area contributed by atoms with E-state index in [2.05, 4.69) is 15.2 Å². The molecule has 1 aromatic rings. The van der Waals surface area contributed by atoms with Crippen LogP contribution in [0, 0.1) is 12.8 Å². The van der Waals surface area contributed by atoms with Crippen molar-refractivity contribution < 1.29 is 4.79 Å². The van der Waals surface area contributed by atoms with Crippen LogP contribution in [0.3, 0.4) is 0 Å². The molecule has 1 amide bonds. The zero-order valence-corrected chi connectivity index (χ0v) is 14.3. The van der Waals surface area contributed by atoms with Crippen molar-refractivity contribution in [2.75, 3.05) is 19.6 Å². The summed E-state index contributed by atoms with van der Waals surface area (Å²) in [5.74, 6) is 0.751. The monoisotopic (exact) mass is 315 g/mol. The Hall–Kier alpha value is -1.42. The molecule has 126 valence electrons. The number of pyridine rings is 1. The molecule has 0 radical (unpaired) electrons. The van der Waals surface area contributed by atoms with Gasteiger partial charge in [0.05, 0.1) is 11.7 Å². The lowest BCUT2D eigenvalue weighted by Crippen LogP contribution is -2.34. The van der Waals surface area contributed by atoms with Gasteiger partial charge in [-0.25, -0.2) is 0 Å². The van der Waals surface area contributed by atoms with E-state index in [0.29, 0.717) is 12.3 Å². The van der Waals surface area contributed by atoms with Crippen molar-refractivity contribution in [3.8, 4) is 0 Å². The number of hydrogen-bond acceptors (Lipinski definition) is 3. The second kappa shape index (κ2) is 7.91. The van der Waals surface area contributed by atoms with E-state index in [-0.39, 0.29) is 11.9 Å². The molecular formula is C19H29N3O. The standard InChI is InChI=1S/C19H29N3O/c1-15-7-6-8-17(20-15)19(16-9-10-16)21-18(23)11-14-22-12-4-2-3-5-13-22/h6-8,16,19H,2-5,9-14H2,1H3,(H,21,23)/t19-/m1/s1. The van der Waals surface area contributed by atoms with Crippen LogP contribution in [0.2, 0.25) is 0 Å². The van der Waals surface area contributed by atoms with Gasteiger partial charge in [-0.05, 0) is 63.7 Å². The number of aromatic nitrogens is 1. The molecule has 0 bridgehead atoms. The fraction of sp³-hybridized carbons (Fsp3) is 0.684. The second-order valence-corrected chi connectivity index (χ2v) is 7.09. The summed E-state index contributed by atoms with van der Waals surface area (Å²) < 4.78 is 0. The van der Waals surface area contributed by atoms with Crippen molar-refractivity contribution in [1.82, 2.24) is 15.2 Å². The van der Waals surface area contributed by atoms with E-state index in [4.69, 9.17) is 0 Å². The third kappa shape index (κ3) is 5.03. The largest absolute Gasteiger partial charge is 0.347 e. The van der Waals surface area contributed by atoms with E-state index in [1.54, 1.807) is 0 Å². The normalized spacial score (nSPS) is 20.7. The molecule has 23 heavy (non-hydrogen) atoms. The second-order valence-electron chi connectivity index (χ2n) is 7.09. The van der Waals surface area contributed by atoms with Gasteiger partial charge in [-0.1, -0.05) is 18.9 Å². The van der Waals surface area contributed by atoms with Crippen molar-refractivity contribution in [1.29, 1.82) is 0 Å². The smallest absolute Gasteiger partial charge is 0.221 e. The van der Waals surface area contributed by atoms with E-state index < -0.39 is 0 Å². The minimum Gasteiger partial charge on any atom is -0.347 e. The van der Waals surface area contributed by atoms with Gasteiger partial charge in [0.2, 0.25) is 5.91 Å². The highest BCUT2D eigenvalue weighted by Gasteiger charge is 2.34. The summed E-state index contributed by atoms with van der Waals surface area (Å²) in [6, 6.07) is 6.20. The molecule has 0 unspecified atom stereocenters. The lowest BCUT2D eigenvalue weighted by atomic mass is 10.1. The third-order valence-electron chi connectivity index (χ3n) is 4.99. The van der Waals surface area contributed by atoms with Crippen LogP contribution < -0.4 is 5.32 Å². The van der Waals surface area contributed by atoms with E-state index in [0.717, 1.165) is 31.0 Å². The van der Waals surface area contributed by atoms with E-state index in [9.17, 15) is 4.79 Å². The van der Waals surface area contributed by atoms with Crippen LogP contribution in [-0.2, 0) is 4.79 Å². The molecule has 2 heterocycles. The fourth-order valence-electron chi connectivity index (χ4n) is 3.47. The Balaban J connectivity index is 1.52. The van der Waals surface area contributed by atoms with Crippen molar-refractivity contribution in [3.63, 3.8) is 0 Å². The Kier molecular flexibility index (Phi) is 5.65.